The molecule has 0 bridgehead atoms. The number of carboxylic acid groups (broad SMARTS) is 1. The Bertz CT molecular complexity index is 1330. The number of hydrogen-bond acceptors (Lipinski definition) is 8. The number of carbonyl (C=O) groups excluding carboxylic acids is 4. The van der Waals surface area contributed by atoms with E-state index in [9.17, 15) is 33.9 Å². The summed E-state index contributed by atoms with van der Waals surface area (Å²) in [5.74, 6) is -4.01. The summed E-state index contributed by atoms with van der Waals surface area (Å²) in [7, 11) is 1.61. The highest BCUT2D eigenvalue weighted by Gasteiger charge is 2.26. The number of pyridine rings is 1. The number of imidazole rings is 1. The van der Waals surface area contributed by atoms with E-state index in [1.165, 1.54) is 47.6 Å². The molecule has 41 heavy (non-hydrogen) atoms. The second kappa shape index (κ2) is 15.7. The van der Waals surface area contributed by atoms with Gasteiger partial charge in [-0.2, -0.15) is 0 Å². The maximum atomic E-state index is 13.2. The van der Waals surface area contributed by atoms with Gasteiger partial charge in [-0.05, 0) is 37.8 Å². The zero-order valence-corrected chi connectivity index (χ0v) is 23.5. The minimum atomic E-state index is -1.18. The minimum absolute atomic E-state index is 0.0843. The van der Waals surface area contributed by atoms with Crippen LogP contribution in [-0.2, 0) is 37.5 Å². The van der Waals surface area contributed by atoms with Crippen LogP contribution in [0.2, 0.25) is 0 Å². The number of anilines is 1. The van der Waals surface area contributed by atoms with E-state index in [2.05, 4.69) is 20.9 Å². The van der Waals surface area contributed by atoms with Gasteiger partial charge in [0, 0.05) is 19.3 Å². The number of aryl methyl sites for hydroxylation is 1. The van der Waals surface area contributed by atoms with Crippen molar-refractivity contribution in [1.82, 2.24) is 24.8 Å². The molecule has 0 aliphatic carbocycles. The lowest BCUT2D eigenvalue weighted by atomic mass is 9.99. The molecular weight excluding hydrogens is 536 g/mol. The molecule has 0 spiro atoms. The van der Waals surface area contributed by atoms with Crippen LogP contribution >= 0.6 is 0 Å². The average Bonchev–Trinajstić information content (AvgIpc) is 3.36. The Morgan fingerprint density at radius 2 is 1.90 bits per heavy atom. The molecule has 2 aromatic rings. The highest BCUT2D eigenvalue weighted by atomic mass is 16.5. The first-order valence-electron chi connectivity index (χ1n) is 13.1. The standard InChI is InChI=1S/C27H36N6O8/c1-5-17(3)23(27(39)40)31-21(34)15-33-13-9-11-19(26(33)38)30-24(36)18(10-7-8-12-22(35)41-6-2)29-25(37)20-14-28-16-32(20)4/h8-9,11-14,16-18,23H,5-7,10,15H2,1-4H3,(H,29,37)(H,30,36)(H,31,34)(H,39,40)/b12-8+/t17?,18-,23-/m0/s1. The second-order valence-electron chi connectivity index (χ2n) is 9.26. The molecule has 3 amide bonds. The van der Waals surface area contributed by atoms with E-state index in [-0.39, 0.29) is 36.7 Å². The van der Waals surface area contributed by atoms with Gasteiger partial charge >= 0.3 is 11.9 Å². The number of carboxylic acids is 1. The normalized spacial score (nSPS) is 13.2. The highest BCUT2D eigenvalue weighted by Crippen LogP contribution is 2.09. The quantitative estimate of drug-likeness (QED) is 0.177. The first kappa shape index (κ1) is 32.5. The monoisotopic (exact) mass is 572 g/mol. The van der Waals surface area contributed by atoms with E-state index in [0.717, 1.165) is 4.57 Å². The number of aliphatic carboxylic acids is 1. The molecule has 0 aromatic carbocycles. The van der Waals surface area contributed by atoms with Crippen molar-refractivity contribution in [2.75, 3.05) is 11.9 Å². The van der Waals surface area contributed by atoms with Crippen molar-refractivity contribution in [3.63, 3.8) is 0 Å². The fraction of sp³-hybridized carbons (Fsp3) is 0.444. The van der Waals surface area contributed by atoms with E-state index in [4.69, 9.17) is 4.74 Å². The maximum Gasteiger partial charge on any atom is 0.330 e. The van der Waals surface area contributed by atoms with Crippen LogP contribution in [0.4, 0.5) is 5.69 Å². The van der Waals surface area contributed by atoms with Crippen LogP contribution in [0, 0.1) is 5.92 Å². The number of ether oxygens (including phenoxy) is 1. The number of aromatic nitrogens is 3. The Balaban J connectivity index is 2.18. The number of nitrogens with zero attached hydrogens (tertiary/aromatic N) is 3. The lowest BCUT2D eigenvalue weighted by molar-refractivity contribution is -0.143. The third-order valence-electron chi connectivity index (χ3n) is 6.22. The van der Waals surface area contributed by atoms with Crippen molar-refractivity contribution in [2.45, 2.75) is 58.7 Å². The van der Waals surface area contributed by atoms with Crippen LogP contribution in [0.1, 0.15) is 50.5 Å². The van der Waals surface area contributed by atoms with Gasteiger partial charge in [0.1, 0.15) is 30.0 Å². The summed E-state index contributed by atoms with van der Waals surface area (Å²) in [6, 6.07) is 0.563. The Morgan fingerprint density at radius 1 is 1.17 bits per heavy atom. The van der Waals surface area contributed by atoms with Gasteiger partial charge in [-0.1, -0.05) is 26.3 Å². The van der Waals surface area contributed by atoms with Gasteiger partial charge in [-0.15, -0.1) is 0 Å². The van der Waals surface area contributed by atoms with Crippen molar-refractivity contribution in [2.24, 2.45) is 13.0 Å². The Kier molecular flexibility index (Phi) is 12.5. The zero-order valence-electron chi connectivity index (χ0n) is 23.5. The molecule has 4 N–H and O–H groups in total. The van der Waals surface area contributed by atoms with Gasteiger partial charge in [0.15, 0.2) is 0 Å². The molecule has 0 saturated carbocycles. The zero-order chi connectivity index (χ0) is 30.5. The SMILES string of the molecule is CCOC(=O)/C=C/CC[C@H](NC(=O)c1cncn1C)C(=O)Nc1cccn(CC(=O)N[C@H](C(=O)O)C(C)CC)c1=O. The molecule has 2 heterocycles. The van der Waals surface area contributed by atoms with Crippen molar-refractivity contribution in [3.05, 3.63) is 59.1 Å². The first-order valence-corrected chi connectivity index (χ1v) is 13.1. The van der Waals surface area contributed by atoms with E-state index >= 15 is 0 Å². The van der Waals surface area contributed by atoms with Crippen molar-refractivity contribution >= 4 is 35.3 Å². The third kappa shape index (κ3) is 9.74. The summed E-state index contributed by atoms with van der Waals surface area (Å²) in [4.78, 5) is 78.5. The third-order valence-corrected chi connectivity index (χ3v) is 6.22. The summed E-state index contributed by atoms with van der Waals surface area (Å²) in [6.07, 6.45) is 7.65. The molecule has 0 aliphatic heterocycles. The Hall–Kier alpha value is -4.75. The topological polar surface area (TPSA) is 191 Å². The van der Waals surface area contributed by atoms with Crippen LogP contribution in [0.3, 0.4) is 0 Å². The fourth-order valence-electron chi connectivity index (χ4n) is 3.74. The summed E-state index contributed by atoms with van der Waals surface area (Å²) >= 11 is 0. The summed E-state index contributed by atoms with van der Waals surface area (Å²) < 4.78 is 7.33. The van der Waals surface area contributed by atoms with Crippen LogP contribution in [0.15, 0.2) is 47.8 Å². The molecule has 14 nitrogen and oxygen atoms in total. The van der Waals surface area contributed by atoms with E-state index in [0.29, 0.717) is 6.42 Å². The summed E-state index contributed by atoms with van der Waals surface area (Å²) in [6.45, 7) is 4.90. The number of rotatable bonds is 15. The summed E-state index contributed by atoms with van der Waals surface area (Å²) in [5.41, 5.74) is -0.649. The predicted molar refractivity (Wildman–Crippen MR) is 148 cm³/mol. The van der Waals surface area contributed by atoms with Crippen molar-refractivity contribution in [1.29, 1.82) is 0 Å². The maximum absolute atomic E-state index is 13.2. The molecule has 1 unspecified atom stereocenters. The lowest BCUT2D eigenvalue weighted by Crippen LogP contribution is -2.47. The predicted octanol–water partition coefficient (Wildman–Crippen LogP) is 0.834. The van der Waals surface area contributed by atoms with Gasteiger partial charge in [0.2, 0.25) is 11.8 Å². The number of allylic oxidation sites excluding steroid dienone is 1. The number of nitrogens with one attached hydrogen (secondary N) is 3. The lowest BCUT2D eigenvalue weighted by Gasteiger charge is -2.20. The molecule has 2 aromatic heterocycles. The van der Waals surface area contributed by atoms with E-state index in [1.807, 2.05) is 0 Å². The minimum Gasteiger partial charge on any atom is -0.480 e. The molecule has 14 heteroatoms. The molecule has 222 valence electrons. The Morgan fingerprint density at radius 3 is 2.51 bits per heavy atom. The van der Waals surface area contributed by atoms with E-state index in [1.54, 1.807) is 27.8 Å². The number of hydrogen-bond donors (Lipinski definition) is 4. The van der Waals surface area contributed by atoms with Crippen LogP contribution < -0.4 is 21.5 Å². The first-order chi connectivity index (χ1) is 19.5. The van der Waals surface area contributed by atoms with Crippen molar-refractivity contribution in [3.8, 4) is 0 Å². The average molecular weight is 573 g/mol. The number of amides is 3. The van der Waals surface area contributed by atoms with Crippen molar-refractivity contribution < 1.29 is 33.8 Å². The van der Waals surface area contributed by atoms with Crippen LogP contribution in [-0.4, -0.2) is 67.6 Å². The van der Waals surface area contributed by atoms with Crippen LogP contribution in [0.5, 0.6) is 0 Å². The number of carbonyl (C=O) groups is 5. The smallest absolute Gasteiger partial charge is 0.330 e. The Labute approximate surface area is 236 Å². The van der Waals surface area contributed by atoms with Gasteiger partial charge in [0.25, 0.3) is 11.5 Å². The second-order valence-corrected chi connectivity index (χ2v) is 9.26. The molecule has 0 radical (unpaired) electrons. The largest absolute Gasteiger partial charge is 0.480 e. The molecule has 2 rings (SSSR count). The molecule has 0 aliphatic rings. The van der Waals surface area contributed by atoms with E-state index < -0.39 is 53.8 Å². The fourth-order valence-corrected chi connectivity index (χ4v) is 3.74. The van der Waals surface area contributed by atoms with Crippen LogP contribution in [0.25, 0.3) is 0 Å². The van der Waals surface area contributed by atoms with Gasteiger partial charge in [0.05, 0.1) is 19.1 Å². The highest BCUT2D eigenvalue weighted by molar-refractivity contribution is 6.00. The molecule has 0 fully saturated rings. The molecular formula is C27H36N6O8. The molecule has 3 atom stereocenters. The van der Waals surface area contributed by atoms with Gasteiger partial charge in [-0.25, -0.2) is 14.6 Å². The molecule has 0 saturated heterocycles. The van der Waals surface area contributed by atoms with Gasteiger partial charge in [-0.3, -0.25) is 19.2 Å². The summed E-state index contributed by atoms with van der Waals surface area (Å²) in [5, 5.41) is 17.0. The number of esters is 1. The van der Waals surface area contributed by atoms with Gasteiger partial charge < -0.3 is 34.9 Å².